The number of hydrogen-bond donors (Lipinski definition) is 2. The molecule has 0 amide bonds. The number of rotatable bonds is 7. The second kappa shape index (κ2) is 9.08. The average Bonchev–Trinajstić information content (AvgIpc) is 3.09. The fourth-order valence-corrected chi connectivity index (χ4v) is 2.41. The highest BCUT2D eigenvalue weighted by Crippen LogP contribution is 2.17. The van der Waals surface area contributed by atoms with Crippen molar-refractivity contribution < 1.29 is 8.81 Å². The summed E-state index contributed by atoms with van der Waals surface area (Å²) < 4.78 is 18.4. The number of likely N-dealkylation sites (N-methyl/N-ethyl adjacent to an activating group) is 1. The van der Waals surface area contributed by atoms with Crippen LogP contribution in [0.15, 0.2) is 52.1 Å². The topological polar surface area (TPSA) is 52.8 Å². The van der Waals surface area contributed by atoms with Crippen LogP contribution in [0.5, 0.6) is 0 Å². The SMILES string of the molecule is CN=C(NCCc1ccc(F)cc1)NCC(c1ccco1)N(C)C. The summed E-state index contributed by atoms with van der Waals surface area (Å²) in [7, 11) is 5.77. The van der Waals surface area contributed by atoms with Crippen molar-refractivity contribution in [1.82, 2.24) is 15.5 Å². The number of benzene rings is 1. The standard InChI is InChI=1S/C18H25FN4O/c1-20-18(21-11-10-14-6-8-15(19)9-7-14)22-13-16(23(2)3)17-5-4-12-24-17/h4-9,12,16H,10-11,13H2,1-3H3,(H2,20,21,22). The van der Waals surface area contributed by atoms with Gasteiger partial charge in [-0.3, -0.25) is 9.89 Å². The van der Waals surface area contributed by atoms with E-state index in [0.717, 1.165) is 30.2 Å². The molecule has 2 rings (SSSR count). The van der Waals surface area contributed by atoms with Gasteiger partial charge in [-0.2, -0.15) is 0 Å². The van der Waals surface area contributed by atoms with Gasteiger partial charge in [0, 0.05) is 20.1 Å². The molecule has 1 atom stereocenters. The molecule has 0 fully saturated rings. The summed E-state index contributed by atoms with van der Waals surface area (Å²) in [5, 5.41) is 6.58. The van der Waals surface area contributed by atoms with Gasteiger partial charge in [0.15, 0.2) is 5.96 Å². The van der Waals surface area contributed by atoms with Crippen LogP contribution in [0.25, 0.3) is 0 Å². The van der Waals surface area contributed by atoms with E-state index < -0.39 is 0 Å². The number of aliphatic imine (C=N–C) groups is 1. The molecular formula is C18H25FN4O. The first kappa shape index (κ1) is 18.0. The first-order valence-electron chi connectivity index (χ1n) is 7.99. The third kappa shape index (κ3) is 5.38. The highest BCUT2D eigenvalue weighted by molar-refractivity contribution is 5.79. The molecule has 2 aromatic rings. The largest absolute Gasteiger partial charge is 0.468 e. The predicted molar refractivity (Wildman–Crippen MR) is 94.6 cm³/mol. The van der Waals surface area contributed by atoms with Gasteiger partial charge in [0.1, 0.15) is 11.6 Å². The Hall–Kier alpha value is -2.34. The second-order valence-corrected chi connectivity index (χ2v) is 5.75. The lowest BCUT2D eigenvalue weighted by Gasteiger charge is -2.23. The zero-order valence-corrected chi connectivity index (χ0v) is 14.4. The Morgan fingerprint density at radius 3 is 2.54 bits per heavy atom. The number of hydrogen-bond acceptors (Lipinski definition) is 3. The molecule has 0 aliphatic rings. The van der Waals surface area contributed by atoms with Crippen molar-refractivity contribution in [2.24, 2.45) is 4.99 Å². The third-order valence-electron chi connectivity index (χ3n) is 3.80. The van der Waals surface area contributed by atoms with Crippen molar-refractivity contribution in [1.29, 1.82) is 0 Å². The second-order valence-electron chi connectivity index (χ2n) is 5.75. The van der Waals surface area contributed by atoms with E-state index in [0.29, 0.717) is 6.54 Å². The number of nitrogens with zero attached hydrogens (tertiary/aromatic N) is 2. The molecule has 5 nitrogen and oxygen atoms in total. The van der Waals surface area contributed by atoms with Crippen LogP contribution in [0.1, 0.15) is 17.4 Å². The van der Waals surface area contributed by atoms with E-state index >= 15 is 0 Å². The predicted octanol–water partition coefficient (Wildman–Crippen LogP) is 2.43. The molecule has 0 spiro atoms. The monoisotopic (exact) mass is 332 g/mol. The van der Waals surface area contributed by atoms with Gasteiger partial charge in [0.2, 0.25) is 0 Å². The molecule has 0 radical (unpaired) electrons. The van der Waals surface area contributed by atoms with Gasteiger partial charge in [-0.25, -0.2) is 4.39 Å². The minimum atomic E-state index is -0.211. The van der Waals surface area contributed by atoms with Gasteiger partial charge in [-0.1, -0.05) is 12.1 Å². The quantitative estimate of drug-likeness (QED) is 0.604. The number of guanidine groups is 1. The van der Waals surface area contributed by atoms with Gasteiger partial charge in [0.05, 0.1) is 12.3 Å². The Morgan fingerprint density at radius 2 is 1.96 bits per heavy atom. The fourth-order valence-electron chi connectivity index (χ4n) is 2.41. The summed E-state index contributed by atoms with van der Waals surface area (Å²) >= 11 is 0. The average molecular weight is 332 g/mol. The van der Waals surface area contributed by atoms with Gasteiger partial charge in [0.25, 0.3) is 0 Å². The van der Waals surface area contributed by atoms with E-state index in [1.165, 1.54) is 12.1 Å². The Labute approximate surface area is 142 Å². The highest BCUT2D eigenvalue weighted by Gasteiger charge is 2.17. The number of nitrogens with one attached hydrogen (secondary N) is 2. The van der Waals surface area contributed by atoms with Crippen LogP contribution in [-0.4, -0.2) is 45.1 Å². The normalized spacial score (nSPS) is 13.1. The lowest BCUT2D eigenvalue weighted by atomic mass is 10.1. The molecule has 0 aliphatic heterocycles. The highest BCUT2D eigenvalue weighted by atomic mass is 19.1. The molecule has 0 saturated heterocycles. The third-order valence-corrected chi connectivity index (χ3v) is 3.80. The van der Waals surface area contributed by atoms with Crippen molar-refractivity contribution in [2.45, 2.75) is 12.5 Å². The molecule has 1 heterocycles. The molecule has 24 heavy (non-hydrogen) atoms. The molecule has 0 aliphatic carbocycles. The lowest BCUT2D eigenvalue weighted by Crippen LogP contribution is -2.42. The Balaban J connectivity index is 1.80. The fraction of sp³-hybridized carbons (Fsp3) is 0.389. The minimum absolute atomic E-state index is 0.121. The van der Waals surface area contributed by atoms with E-state index in [-0.39, 0.29) is 11.9 Å². The van der Waals surface area contributed by atoms with Gasteiger partial charge in [-0.15, -0.1) is 0 Å². The summed E-state index contributed by atoms with van der Waals surface area (Å²) in [4.78, 5) is 6.33. The smallest absolute Gasteiger partial charge is 0.191 e. The minimum Gasteiger partial charge on any atom is -0.468 e. The molecule has 2 N–H and O–H groups in total. The maximum atomic E-state index is 12.9. The molecule has 1 aromatic carbocycles. The Morgan fingerprint density at radius 1 is 1.21 bits per heavy atom. The van der Waals surface area contributed by atoms with E-state index in [4.69, 9.17) is 4.42 Å². The van der Waals surface area contributed by atoms with Crippen molar-refractivity contribution in [3.05, 3.63) is 59.8 Å². The first-order chi connectivity index (χ1) is 11.6. The lowest BCUT2D eigenvalue weighted by molar-refractivity contribution is 0.258. The van der Waals surface area contributed by atoms with Crippen molar-refractivity contribution in [3.63, 3.8) is 0 Å². The van der Waals surface area contributed by atoms with E-state index in [2.05, 4.69) is 20.5 Å². The van der Waals surface area contributed by atoms with Crippen molar-refractivity contribution in [2.75, 3.05) is 34.2 Å². The molecule has 1 unspecified atom stereocenters. The van der Waals surface area contributed by atoms with Crippen LogP contribution in [0.3, 0.4) is 0 Å². The summed E-state index contributed by atoms with van der Waals surface area (Å²) in [6, 6.07) is 10.5. The first-order valence-corrected chi connectivity index (χ1v) is 7.99. The van der Waals surface area contributed by atoms with E-state index in [1.54, 1.807) is 25.4 Å². The zero-order chi connectivity index (χ0) is 17.4. The van der Waals surface area contributed by atoms with Gasteiger partial charge in [-0.05, 0) is 50.3 Å². The summed E-state index contributed by atoms with van der Waals surface area (Å²) in [5.74, 6) is 1.43. The zero-order valence-electron chi connectivity index (χ0n) is 14.4. The van der Waals surface area contributed by atoms with Gasteiger partial charge < -0.3 is 15.1 Å². The summed E-state index contributed by atoms with van der Waals surface area (Å²) in [5.41, 5.74) is 1.08. The van der Waals surface area contributed by atoms with E-state index in [9.17, 15) is 4.39 Å². The number of furan rings is 1. The van der Waals surface area contributed by atoms with Crippen LogP contribution in [0.2, 0.25) is 0 Å². The summed E-state index contributed by atoms with van der Waals surface area (Å²) in [6.07, 6.45) is 2.48. The number of halogens is 1. The summed E-state index contributed by atoms with van der Waals surface area (Å²) in [6.45, 7) is 1.40. The van der Waals surface area contributed by atoms with Crippen LogP contribution in [0.4, 0.5) is 4.39 Å². The Bertz CT molecular complexity index is 623. The molecular weight excluding hydrogens is 307 g/mol. The maximum Gasteiger partial charge on any atom is 0.191 e. The van der Waals surface area contributed by atoms with Crippen LogP contribution < -0.4 is 10.6 Å². The van der Waals surface area contributed by atoms with Crippen LogP contribution >= 0.6 is 0 Å². The van der Waals surface area contributed by atoms with Crippen LogP contribution in [0, 0.1) is 5.82 Å². The molecule has 1 aromatic heterocycles. The van der Waals surface area contributed by atoms with Crippen molar-refractivity contribution in [3.8, 4) is 0 Å². The molecule has 6 heteroatoms. The molecule has 0 bridgehead atoms. The Kier molecular flexibility index (Phi) is 6.81. The van der Waals surface area contributed by atoms with E-state index in [1.807, 2.05) is 26.2 Å². The van der Waals surface area contributed by atoms with Crippen molar-refractivity contribution >= 4 is 5.96 Å². The van der Waals surface area contributed by atoms with Crippen LogP contribution in [-0.2, 0) is 6.42 Å². The molecule has 0 saturated carbocycles. The molecule has 130 valence electrons. The maximum absolute atomic E-state index is 12.9. The van der Waals surface area contributed by atoms with Gasteiger partial charge >= 0.3 is 0 Å².